The van der Waals surface area contributed by atoms with Crippen molar-refractivity contribution in [3.8, 4) is 12.4 Å². The summed E-state index contributed by atoms with van der Waals surface area (Å²) in [6.45, 7) is 5.17. The molecule has 0 saturated heterocycles. The molecule has 2 aromatic rings. The molecule has 0 aromatic carbocycles. The van der Waals surface area contributed by atoms with Crippen molar-refractivity contribution < 1.29 is 58.3 Å². The molecule has 0 saturated carbocycles. The molecule has 0 spiro atoms. The van der Waals surface area contributed by atoms with Gasteiger partial charge in [0, 0.05) is 32.3 Å². The van der Waals surface area contributed by atoms with Gasteiger partial charge in [-0.3, -0.25) is 15.2 Å². The van der Waals surface area contributed by atoms with Crippen LogP contribution in [0.3, 0.4) is 0 Å². The highest BCUT2D eigenvalue weighted by Gasteiger charge is 2.60. The lowest BCUT2D eigenvalue weighted by Gasteiger charge is -2.19. The second-order valence-corrected chi connectivity index (χ2v) is 13.1. The van der Waals surface area contributed by atoms with Crippen LogP contribution < -0.4 is 0 Å². The molecule has 1 N–H and O–H groups in total. The van der Waals surface area contributed by atoms with E-state index in [2.05, 4.69) is 23.6 Å². The molecule has 2 aromatic heterocycles. The van der Waals surface area contributed by atoms with Crippen LogP contribution in [0, 0.1) is 22.9 Å². The highest BCUT2D eigenvalue weighted by atomic mass is 32.2. The Kier molecular flexibility index (Phi) is 19.9. The van der Waals surface area contributed by atoms with Gasteiger partial charge in [-0.05, 0) is 50.3 Å². The van der Waals surface area contributed by atoms with Crippen molar-refractivity contribution >= 4 is 28.8 Å². The van der Waals surface area contributed by atoms with Gasteiger partial charge in [0.25, 0.3) is 0 Å². The Morgan fingerprint density at radius 3 is 1.55 bits per heavy atom. The Bertz CT molecular complexity index is 1480. The fourth-order valence-corrected chi connectivity index (χ4v) is 4.49. The summed E-state index contributed by atoms with van der Waals surface area (Å²) in [5.74, 6) is -10.1. The second-order valence-electron chi connectivity index (χ2n) is 8.57. The standard InChI is InChI=1S/C11H10F5N3OS.C11H10F5N3S.C2H6O2.CH4.B/c1-7(21(2,20)19-6-17)8-3-4-9(18-5-8)10(12,13)11(14,15)16;1-7(20(2)19-6-17)8-3-4-9(18-5-8)10(12,13)11(14,15)16;1-2-4-3;;/h3-5,7H,1-2H3;3-5,7H,1-2H3;3H,2H2,1H3;1H4;. The van der Waals surface area contributed by atoms with E-state index in [0.717, 1.165) is 24.5 Å². The van der Waals surface area contributed by atoms with Crippen LogP contribution in [-0.4, -0.2) is 59.3 Å². The Labute approximate surface area is 269 Å². The van der Waals surface area contributed by atoms with Crippen molar-refractivity contribution in [2.75, 3.05) is 19.1 Å². The van der Waals surface area contributed by atoms with Crippen molar-refractivity contribution in [3.63, 3.8) is 0 Å². The van der Waals surface area contributed by atoms with Crippen LogP contribution in [-0.2, 0) is 37.2 Å². The number of hydrogen-bond acceptors (Lipinski definition) is 9. The molecule has 263 valence electrons. The SMILES string of the molecule is C.CC(c1ccc(C(F)(F)C(F)(F)F)nc1)S(C)(=O)=NC#N.CC(c1ccc(C(F)(F)C(F)(F)F)nc1)S(C)=NC#N.CCOO.[B]. The minimum absolute atomic E-state index is 0. The number of nitrogens with zero attached hydrogens (tertiary/aromatic N) is 6. The number of rotatable bonds is 7. The van der Waals surface area contributed by atoms with Gasteiger partial charge >= 0.3 is 24.2 Å². The number of nitriles is 2. The van der Waals surface area contributed by atoms with E-state index in [1.165, 1.54) is 19.4 Å². The molecule has 2 rings (SSSR count). The van der Waals surface area contributed by atoms with Gasteiger partial charge in [-0.1, -0.05) is 30.3 Å². The first kappa shape index (κ1) is 48.1. The van der Waals surface area contributed by atoms with Gasteiger partial charge in [0.2, 0.25) is 12.4 Å². The fraction of sp³-hybridized carbons (Fsp3) is 0.520. The van der Waals surface area contributed by atoms with E-state index in [1.807, 2.05) is 0 Å². The average molecular weight is 727 g/mol. The Balaban J connectivity index is -0.000000712. The average Bonchev–Trinajstić information content (AvgIpc) is 2.96. The predicted molar refractivity (Wildman–Crippen MR) is 155 cm³/mol. The molecule has 0 amide bonds. The maximum Gasteiger partial charge on any atom is 0.459 e. The fourth-order valence-electron chi connectivity index (χ4n) is 2.71. The molecule has 2 heterocycles. The number of pyridine rings is 2. The molecule has 22 heteroatoms. The molecule has 0 aliphatic rings. The van der Waals surface area contributed by atoms with Crippen LogP contribution in [0.1, 0.15) is 61.2 Å². The molecule has 0 fully saturated rings. The zero-order valence-electron chi connectivity index (χ0n) is 24.4. The summed E-state index contributed by atoms with van der Waals surface area (Å²) in [6.07, 6.45) is -3.87. The number of hydrogen-bond donors (Lipinski definition) is 1. The van der Waals surface area contributed by atoms with Crippen molar-refractivity contribution in [1.29, 1.82) is 10.5 Å². The quantitative estimate of drug-likeness (QED) is 0.101. The minimum atomic E-state index is -5.75. The van der Waals surface area contributed by atoms with Crippen LogP contribution in [0.25, 0.3) is 0 Å². The first-order valence-corrected chi connectivity index (χ1v) is 15.5. The van der Waals surface area contributed by atoms with Crippen molar-refractivity contribution in [2.45, 2.75) is 62.9 Å². The highest BCUT2D eigenvalue weighted by molar-refractivity contribution is 7.93. The van der Waals surface area contributed by atoms with E-state index < -0.39 is 61.3 Å². The summed E-state index contributed by atoms with van der Waals surface area (Å²) >= 11 is 0. The Morgan fingerprint density at radius 1 is 0.894 bits per heavy atom. The van der Waals surface area contributed by atoms with Crippen LogP contribution in [0.4, 0.5) is 43.9 Å². The van der Waals surface area contributed by atoms with Gasteiger partial charge in [0.1, 0.15) is 11.4 Å². The van der Waals surface area contributed by atoms with Gasteiger partial charge in [0.15, 0.2) is 0 Å². The van der Waals surface area contributed by atoms with Crippen molar-refractivity contribution in [3.05, 3.63) is 59.2 Å². The van der Waals surface area contributed by atoms with Crippen LogP contribution in [0.2, 0.25) is 0 Å². The molecule has 3 radical (unpaired) electrons. The maximum atomic E-state index is 13.0. The smallest absolute Gasteiger partial charge is 0.254 e. The summed E-state index contributed by atoms with van der Waals surface area (Å²) in [5.41, 5.74) is -2.22. The maximum absolute atomic E-state index is 13.0. The van der Waals surface area contributed by atoms with Gasteiger partial charge < -0.3 is 0 Å². The van der Waals surface area contributed by atoms with Crippen LogP contribution in [0.5, 0.6) is 0 Å². The van der Waals surface area contributed by atoms with E-state index in [-0.39, 0.29) is 26.7 Å². The normalized spacial score (nSPS) is 14.8. The summed E-state index contributed by atoms with van der Waals surface area (Å²) in [5, 5.41) is 23.1. The third-order valence-corrected chi connectivity index (χ3v) is 9.26. The van der Waals surface area contributed by atoms with Gasteiger partial charge in [-0.25, -0.2) is 9.10 Å². The summed E-state index contributed by atoms with van der Waals surface area (Å²) in [7, 11) is -3.67. The largest absolute Gasteiger partial charge is 0.459 e. The third-order valence-electron chi connectivity index (χ3n) is 5.57. The van der Waals surface area contributed by atoms with Gasteiger partial charge in [-0.15, -0.1) is 4.36 Å². The molecular formula is C25H30BF10N6O3S2. The zero-order chi connectivity index (χ0) is 35.4. The summed E-state index contributed by atoms with van der Waals surface area (Å²) in [4.78, 5) is 9.82. The first-order chi connectivity index (χ1) is 20.5. The molecule has 0 bridgehead atoms. The van der Waals surface area contributed by atoms with Crippen LogP contribution in [0.15, 0.2) is 45.4 Å². The lowest BCUT2D eigenvalue weighted by atomic mass is 10.1. The Hall–Kier alpha value is -3.34. The topological polar surface area (TPSA) is 145 Å². The molecule has 4 unspecified atom stereocenters. The number of aromatic nitrogens is 2. The zero-order valence-corrected chi connectivity index (χ0v) is 26.1. The number of halogens is 10. The van der Waals surface area contributed by atoms with Gasteiger partial charge in [0.05, 0.1) is 21.6 Å². The van der Waals surface area contributed by atoms with Crippen molar-refractivity contribution in [2.24, 2.45) is 8.73 Å². The predicted octanol–water partition coefficient (Wildman–Crippen LogP) is 7.84. The molecule has 4 atom stereocenters. The Morgan fingerprint density at radius 2 is 1.28 bits per heavy atom. The van der Waals surface area contributed by atoms with E-state index in [0.29, 0.717) is 24.3 Å². The van der Waals surface area contributed by atoms with Gasteiger partial charge in [-0.2, -0.15) is 58.8 Å². The minimum Gasteiger partial charge on any atom is -0.254 e. The van der Waals surface area contributed by atoms with E-state index in [1.54, 1.807) is 26.3 Å². The molecule has 0 aliphatic heterocycles. The van der Waals surface area contributed by atoms with E-state index in [4.69, 9.17) is 15.8 Å². The molecule has 0 aliphatic carbocycles. The van der Waals surface area contributed by atoms with E-state index in [9.17, 15) is 48.1 Å². The highest BCUT2D eigenvalue weighted by Crippen LogP contribution is 2.44. The lowest BCUT2D eigenvalue weighted by molar-refractivity contribution is -0.291. The van der Waals surface area contributed by atoms with Crippen LogP contribution >= 0.6 is 0 Å². The third kappa shape index (κ3) is 13.4. The monoisotopic (exact) mass is 727 g/mol. The second kappa shape index (κ2) is 19.5. The van der Waals surface area contributed by atoms with Crippen molar-refractivity contribution in [1.82, 2.24) is 9.97 Å². The molecule has 9 nitrogen and oxygen atoms in total. The first-order valence-electron chi connectivity index (χ1n) is 11.9. The number of alkyl halides is 10. The molecular weight excluding hydrogens is 697 g/mol. The molecule has 47 heavy (non-hydrogen) atoms. The lowest BCUT2D eigenvalue weighted by Crippen LogP contribution is -2.34. The summed E-state index contributed by atoms with van der Waals surface area (Å²) in [6, 6.07) is 3.26. The van der Waals surface area contributed by atoms with E-state index >= 15 is 0 Å². The summed E-state index contributed by atoms with van der Waals surface area (Å²) < 4.78 is 144.